The van der Waals surface area contributed by atoms with Crippen molar-refractivity contribution in [3.63, 3.8) is 0 Å². The SMILES string of the molecule is COc1ccc(NC2=NCCS2)cc1C. The highest BCUT2D eigenvalue weighted by molar-refractivity contribution is 8.14. The summed E-state index contributed by atoms with van der Waals surface area (Å²) in [5.41, 5.74) is 2.20. The summed E-state index contributed by atoms with van der Waals surface area (Å²) >= 11 is 1.76. The van der Waals surface area contributed by atoms with Crippen molar-refractivity contribution in [2.24, 2.45) is 4.99 Å². The lowest BCUT2D eigenvalue weighted by Gasteiger charge is -2.08. The van der Waals surface area contributed by atoms with Gasteiger partial charge in [-0.05, 0) is 30.7 Å². The van der Waals surface area contributed by atoms with Crippen LogP contribution in [0.1, 0.15) is 5.56 Å². The van der Waals surface area contributed by atoms with E-state index in [0.717, 1.165) is 34.5 Å². The number of ether oxygens (including phenoxy) is 1. The van der Waals surface area contributed by atoms with Crippen LogP contribution in [-0.4, -0.2) is 24.6 Å². The van der Waals surface area contributed by atoms with Crippen LogP contribution in [0.5, 0.6) is 5.75 Å². The Morgan fingerprint density at radius 2 is 2.33 bits per heavy atom. The third kappa shape index (κ3) is 2.45. The number of thioether (sulfide) groups is 1. The minimum absolute atomic E-state index is 0.918. The molecule has 15 heavy (non-hydrogen) atoms. The Balaban J connectivity index is 2.12. The van der Waals surface area contributed by atoms with Crippen LogP contribution in [0, 0.1) is 6.92 Å². The third-order valence-corrected chi connectivity index (χ3v) is 3.12. The maximum Gasteiger partial charge on any atom is 0.161 e. The average Bonchev–Trinajstić information content (AvgIpc) is 2.71. The Morgan fingerprint density at radius 1 is 1.47 bits per heavy atom. The molecule has 80 valence electrons. The van der Waals surface area contributed by atoms with E-state index in [1.165, 1.54) is 0 Å². The fourth-order valence-electron chi connectivity index (χ4n) is 1.49. The van der Waals surface area contributed by atoms with Gasteiger partial charge in [-0.3, -0.25) is 4.99 Å². The Hall–Kier alpha value is -1.16. The zero-order valence-corrected chi connectivity index (χ0v) is 9.73. The number of benzene rings is 1. The van der Waals surface area contributed by atoms with E-state index in [1.807, 2.05) is 19.1 Å². The number of anilines is 1. The van der Waals surface area contributed by atoms with Crippen LogP contribution < -0.4 is 10.1 Å². The van der Waals surface area contributed by atoms with Crippen LogP contribution in [-0.2, 0) is 0 Å². The van der Waals surface area contributed by atoms with Crippen LogP contribution in [0.15, 0.2) is 23.2 Å². The van der Waals surface area contributed by atoms with Crippen molar-refractivity contribution in [2.45, 2.75) is 6.92 Å². The second kappa shape index (κ2) is 4.57. The molecule has 0 amide bonds. The lowest BCUT2D eigenvalue weighted by molar-refractivity contribution is 0.412. The second-order valence-corrected chi connectivity index (χ2v) is 4.43. The van der Waals surface area contributed by atoms with Crippen LogP contribution >= 0.6 is 11.8 Å². The zero-order chi connectivity index (χ0) is 10.7. The third-order valence-electron chi connectivity index (χ3n) is 2.23. The van der Waals surface area contributed by atoms with Gasteiger partial charge >= 0.3 is 0 Å². The molecule has 0 atom stereocenters. The standard InChI is InChI=1S/C11H14N2OS/c1-8-7-9(3-4-10(8)14-2)13-11-12-5-6-15-11/h3-4,7H,5-6H2,1-2H3,(H,12,13). The average molecular weight is 222 g/mol. The maximum atomic E-state index is 5.21. The summed E-state index contributed by atoms with van der Waals surface area (Å²) in [6, 6.07) is 6.05. The van der Waals surface area contributed by atoms with Gasteiger partial charge in [0.2, 0.25) is 0 Å². The first kappa shape index (κ1) is 10.4. The summed E-state index contributed by atoms with van der Waals surface area (Å²) in [6.45, 7) is 2.95. The molecule has 2 rings (SSSR count). The quantitative estimate of drug-likeness (QED) is 0.834. The van der Waals surface area contributed by atoms with E-state index in [4.69, 9.17) is 4.74 Å². The molecule has 3 nitrogen and oxygen atoms in total. The molecule has 0 radical (unpaired) electrons. The molecular weight excluding hydrogens is 208 g/mol. The number of nitrogens with zero attached hydrogens (tertiary/aromatic N) is 1. The van der Waals surface area contributed by atoms with E-state index in [9.17, 15) is 0 Å². The summed E-state index contributed by atoms with van der Waals surface area (Å²) in [6.07, 6.45) is 0. The minimum atomic E-state index is 0.918. The fraction of sp³-hybridized carbons (Fsp3) is 0.364. The van der Waals surface area contributed by atoms with Crippen LogP contribution in [0.3, 0.4) is 0 Å². The van der Waals surface area contributed by atoms with Gasteiger partial charge < -0.3 is 10.1 Å². The van der Waals surface area contributed by atoms with E-state index in [2.05, 4.69) is 16.4 Å². The van der Waals surface area contributed by atoms with Gasteiger partial charge in [0, 0.05) is 11.4 Å². The van der Waals surface area contributed by atoms with Crippen LogP contribution in [0.2, 0.25) is 0 Å². The Morgan fingerprint density at radius 3 is 2.93 bits per heavy atom. The minimum Gasteiger partial charge on any atom is -0.496 e. The molecule has 0 unspecified atom stereocenters. The normalized spacial score (nSPS) is 14.9. The number of aliphatic imine (C=N–C) groups is 1. The van der Waals surface area contributed by atoms with E-state index in [-0.39, 0.29) is 0 Å². The molecule has 1 aromatic carbocycles. The van der Waals surface area contributed by atoms with Gasteiger partial charge in [-0.2, -0.15) is 0 Å². The molecule has 1 aromatic rings. The molecule has 0 bridgehead atoms. The summed E-state index contributed by atoms with van der Waals surface area (Å²) in [5.74, 6) is 2.00. The molecule has 1 heterocycles. The van der Waals surface area contributed by atoms with Gasteiger partial charge in [-0.25, -0.2) is 0 Å². The predicted molar refractivity (Wildman–Crippen MR) is 66.1 cm³/mol. The van der Waals surface area contributed by atoms with Crippen molar-refractivity contribution < 1.29 is 4.74 Å². The first-order chi connectivity index (χ1) is 7.29. The molecule has 1 aliphatic rings. The number of aryl methyl sites for hydroxylation is 1. The molecule has 0 spiro atoms. The highest BCUT2D eigenvalue weighted by Gasteiger charge is 2.07. The summed E-state index contributed by atoms with van der Waals surface area (Å²) in [4.78, 5) is 4.34. The van der Waals surface area contributed by atoms with Crippen molar-refractivity contribution in [3.05, 3.63) is 23.8 Å². The molecule has 0 saturated heterocycles. The van der Waals surface area contributed by atoms with Gasteiger partial charge in [-0.15, -0.1) is 0 Å². The molecule has 0 saturated carbocycles. The lowest BCUT2D eigenvalue weighted by atomic mass is 10.2. The Bertz CT molecular complexity index is 390. The smallest absolute Gasteiger partial charge is 0.161 e. The largest absolute Gasteiger partial charge is 0.496 e. The van der Waals surface area contributed by atoms with Crippen molar-refractivity contribution in [1.29, 1.82) is 0 Å². The van der Waals surface area contributed by atoms with Crippen LogP contribution in [0.4, 0.5) is 5.69 Å². The number of amidine groups is 1. The second-order valence-electron chi connectivity index (χ2n) is 3.34. The molecule has 0 aliphatic carbocycles. The topological polar surface area (TPSA) is 33.6 Å². The van der Waals surface area contributed by atoms with E-state index < -0.39 is 0 Å². The van der Waals surface area contributed by atoms with E-state index in [1.54, 1.807) is 18.9 Å². The maximum absolute atomic E-state index is 5.21. The number of methoxy groups -OCH3 is 1. The van der Waals surface area contributed by atoms with Crippen molar-refractivity contribution >= 4 is 22.6 Å². The Kier molecular flexibility index (Phi) is 3.16. The van der Waals surface area contributed by atoms with Gasteiger partial charge in [0.1, 0.15) is 5.75 Å². The number of nitrogens with one attached hydrogen (secondary N) is 1. The first-order valence-corrected chi connectivity index (χ1v) is 5.87. The molecular formula is C11H14N2OS. The molecule has 0 fully saturated rings. The van der Waals surface area contributed by atoms with Crippen molar-refractivity contribution in [2.75, 3.05) is 24.7 Å². The van der Waals surface area contributed by atoms with Crippen molar-refractivity contribution in [3.8, 4) is 5.75 Å². The summed E-state index contributed by atoms with van der Waals surface area (Å²) in [5, 5.41) is 4.30. The monoisotopic (exact) mass is 222 g/mol. The Labute approximate surface area is 93.9 Å². The molecule has 1 aliphatic heterocycles. The fourth-order valence-corrected chi connectivity index (χ4v) is 2.24. The lowest BCUT2D eigenvalue weighted by Crippen LogP contribution is -2.05. The number of hydrogen-bond acceptors (Lipinski definition) is 4. The van der Waals surface area contributed by atoms with Crippen molar-refractivity contribution in [1.82, 2.24) is 0 Å². The van der Waals surface area contributed by atoms with E-state index in [0.29, 0.717) is 0 Å². The van der Waals surface area contributed by atoms with Gasteiger partial charge in [-0.1, -0.05) is 11.8 Å². The number of hydrogen-bond donors (Lipinski definition) is 1. The summed E-state index contributed by atoms with van der Waals surface area (Å²) < 4.78 is 5.21. The highest BCUT2D eigenvalue weighted by Crippen LogP contribution is 2.23. The number of rotatable bonds is 2. The molecule has 4 heteroatoms. The van der Waals surface area contributed by atoms with Gasteiger partial charge in [0.25, 0.3) is 0 Å². The molecule has 1 N–H and O–H groups in total. The first-order valence-electron chi connectivity index (χ1n) is 4.88. The molecule has 0 aromatic heterocycles. The van der Waals surface area contributed by atoms with Gasteiger partial charge in [0.05, 0.1) is 13.7 Å². The highest BCUT2D eigenvalue weighted by atomic mass is 32.2. The summed E-state index contributed by atoms with van der Waals surface area (Å²) in [7, 11) is 1.69. The zero-order valence-electron chi connectivity index (χ0n) is 8.91. The van der Waals surface area contributed by atoms with Gasteiger partial charge in [0.15, 0.2) is 5.17 Å². The van der Waals surface area contributed by atoms with E-state index >= 15 is 0 Å². The van der Waals surface area contributed by atoms with Crippen LogP contribution in [0.25, 0.3) is 0 Å². The predicted octanol–water partition coefficient (Wildman–Crippen LogP) is 2.52.